The summed E-state index contributed by atoms with van der Waals surface area (Å²) in [5, 5.41) is 2.85. The molecule has 1 N–H and O–H groups in total. The van der Waals surface area contributed by atoms with Crippen LogP contribution in [0.5, 0.6) is 0 Å². The van der Waals surface area contributed by atoms with Gasteiger partial charge in [0.15, 0.2) is 0 Å². The van der Waals surface area contributed by atoms with Crippen LogP contribution in [0.4, 0.5) is 10.1 Å². The number of halogens is 1. The Kier molecular flexibility index (Phi) is 7.86. The summed E-state index contributed by atoms with van der Waals surface area (Å²) in [6.07, 6.45) is 1.98. The molecule has 186 valence electrons. The van der Waals surface area contributed by atoms with Crippen LogP contribution in [0.15, 0.2) is 23.0 Å². The molecule has 1 saturated heterocycles. The van der Waals surface area contributed by atoms with Crippen LogP contribution in [0, 0.1) is 26.6 Å². The van der Waals surface area contributed by atoms with E-state index in [0.717, 1.165) is 41.9 Å². The highest BCUT2D eigenvalue weighted by molar-refractivity contribution is 5.97. The number of carbonyl (C=O) groups excluding carboxylic acids is 1. The maximum Gasteiger partial charge on any atom is 0.255 e. The van der Waals surface area contributed by atoms with Gasteiger partial charge in [0.05, 0.1) is 0 Å². The van der Waals surface area contributed by atoms with Crippen LogP contribution in [0.1, 0.15) is 66.4 Å². The normalized spacial score (nSPS) is 20.9. The minimum absolute atomic E-state index is 0.102. The number of nitrogens with zero attached hydrogens (tertiary/aromatic N) is 3. The molecule has 1 aromatic carbocycles. The number of rotatable bonds is 6. The van der Waals surface area contributed by atoms with Crippen LogP contribution in [-0.2, 0) is 13.6 Å². The first kappa shape index (κ1) is 25.9. The summed E-state index contributed by atoms with van der Waals surface area (Å²) in [6.45, 7) is 13.0. The number of aryl methyl sites for hydroxylation is 2. The molecule has 1 aliphatic heterocycles. The molecule has 6 nitrogen and oxygen atoms in total. The quantitative estimate of drug-likeness (QED) is 0.691. The SMILES string of the molecule is CCN(c1cc(F)cc(C(=O)NCc2c(C)cc(C)n(C)c2=O)c1C)C1C[C@@H](C)N(C)[C@H](C)C1. The molecule has 2 atom stereocenters. The molecular formula is C27H39FN4O2. The fourth-order valence-corrected chi connectivity index (χ4v) is 5.24. The zero-order valence-electron chi connectivity index (χ0n) is 21.8. The van der Waals surface area contributed by atoms with Crippen molar-refractivity contribution in [1.29, 1.82) is 0 Å². The molecule has 0 aliphatic carbocycles. The van der Waals surface area contributed by atoms with Crippen LogP contribution in [0.3, 0.4) is 0 Å². The van der Waals surface area contributed by atoms with Gasteiger partial charge in [0.2, 0.25) is 0 Å². The van der Waals surface area contributed by atoms with Crippen molar-refractivity contribution < 1.29 is 9.18 Å². The molecule has 0 saturated carbocycles. The molecule has 0 spiro atoms. The lowest BCUT2D eigenvalue weighted by Gasteiger charge is -2.45. The summed E-state index contributed by atoms with van der Waals surface area (Å²) in [5.41, 5.74) is 3.94. The van der Waals surface area contributed by atoms with Crippen LogP contribution < -0.4 is 15.8 Å². The Balaban J connectivity index is 1.88. The van der Waals surface area contributed by atoms with Gasteiger partial charge >= 0.3 is 0 Å². The molecule has 1 aliphatic rings. The van der Waals surface area contributed by atoms with Crippen LogP contribution >= 0.6 is 0 Å². The van der Waals surface area contributed by atoms with Crippen molar-refractivity contribution >= 4 is 11.6 Å². The van der Waals surface area contributed by atoms with E-state index < -0.39 is 5.82 Å². The minimum atomic E-state index is -0.430. The minimum Gasteiger partial charge on any atom is -0.368 e. The van der Waals surface area contributed by atoms with E-state index in [9.17, 15) is 14.0 Å². The van der Waals surface area contributed by atoms with Gasteiger partial charge in [-0.15, -0.1) is 0 Å². The second-order valence-electron chi connectivity index (χ2n) is 9.87. The fraction of sp³-hybridized carbons (Fsp3) is 0.556. The van der Waals surface area contributed by atoms with Crippen molar-refractivity contribution in [2.45, 2.75) is 79.1 Å². The maximum absolute atomic E-state index is 14.8. The average molecular weight is 471 g/mol. The van der Waals surface area contributed by atoms with Crippen molar-refractivity contribution in [3.05, 3.63) is 62.3 Å². The zero-order valence-corrected chi connectivity index (χ0v) is 21.8. The maximum atomic E-state index is 14.8. The Morgan fingerprint density at radius 1 is 1.12 bits per heavy atom. The molecule has 3 rings (SSSR count). The highest BCUT2D eigenvalue weighted by Crippen LogP contribution is 2.32. The van der Waals surface area contributed by atoms with Crippen LogP contribution in [0.25, 0.3) is 0 Å². The molecule has 2 aromatic rings. The lowest BCUT2D eigenvalue weighted by molar-refractivity contribution is 0.0949. The summed E-state index contributed by atoms with van der Waals surface area (Å²) < 4.78 is 16.3. The van der Waals surface area contributed by atoms with Gasteiger partial charge in [0.25, 0.3) is 11.5 Å². The van der Waals surface area contributed by atoms with E-state index in [-0.39, 0.29) is 24.1 Å². The van der Waals surface area contributed by atoms with E-state index >= 15 is 0 Å². The molecule has 34 heavy (non-hydrogen) atoms. The van der Waals surface area contributed by atoms with E-state index in [1.807, 2.05) is 26.8 Å². The Hall–Kier alpha value is -2.67. The smallest absolute Gasteiger partial charge is 0.255 e. The number of nitrogens with one attached hydrogen (secondary N) is 1. The van der Waals surface area contributed by atoms with Gasteiger partial charge < -0.3 is 19.7 Å². The molecule has 0 radical (unpaired) electrons. The van der Waals surface area contributed by atoms with Crippen molar-refractivity contribution in [1.82, 2.24) is 14.8 Å². The second kappa shape index (κ2) is 10.3. The Labute approximate surface area is 202 Å². The van der Waals surface area contributed by atoms with Crippen LogP contribution in [-0.4, -0.2) is 47.1 Å². The summed E-state index contributed by atoms with van der Waals surface area (Å²) in [5.74, 6) is -0.804. The number of hydrogen-bond donors (Lipinski definition) is 1. The van der Waals surface area contributed by atoms with Gasteiger partial charge in [-0.2, -0.15) is 0 Å². The van der Waals surface area contributed by atoms with Gasteiger partial charge in [0.1, 0.15) is 5.82 Å². The summed E-state index contributed by atoms with van der Waals surface area (Å²) in [6, 6.07) is 5.91. The molecule has 1 aromatic heterocycles. The monoisotopic (exact) mass is 470 g/mol. The number of amides is 1. The van der Waals surface area contributed by atoms with E-state index in [1.54, 1.807) is 17.7 Å². The number of likely N-dealkylation sites (tertiary alicyclic amines) is 1. The Bertz CT molecular complexity index is 1110. The predicted octanol–water partition coefficient (Wildman–Crippen LogP) is 4.08. The summed E-state index contributed by atoms with van der Waals surface area (Å²) in [4.78, 5) is 30.4. The van der Waals surface area contributed by atoms with Crippen molar-refractivity contribution in [2.75, 3.05) is 18.5 Å². The van der Waals surface area contributed by atoms with E-state index in [4.69, 9.17) is 0 Å². The van der Waals surface area contributed by atoms with Crippen molar-refractivity contribution in [3.8, 4) is 0 Å². The van der Waals surface area contributed by atoms with E-state index in [0.29, 0.717) is 23.2 Å². The van der Waals surface area contributed by atoms with E-state index in [1.165, 1.54) is 6.07 Å². The van der Waals surface area contributed by atoms with Crippen molar-refractivity contribution in [3.63, 3.8) is 0 Å². The van der Waals surface area contributed by atoms with Gasteiger partial charge in [-0.25, -0.2) is 4.39 Å². The average Bonchev–Trinajstić information content (AvgIpc) is 2.78. The molecule has 1 fully saturated rings. The molecular weight excluding hydrogens is 431 g/mol. The third kappa shape index (κ3) is 5.04. The standard InChI is InChI=1S/C27H39FN4O2/c1-9-32(22-11-18(4)30(7)19(5)12-22)25-14-21(28)13-23(20(25)6)26(33)29-15-24-16(2)10-17(3)31(8)27(24)34/h10,13-14,18-19,22H,9,11-12,15H2,1-8H3,(H,29,33)/t18-,19-/m1/s1. The number of anilines is 1. The largest absolute Gasteiger partial charge is 0.368 e. The third-order valence-corrected chi connectivity index (χ3v) is 7.72. The third-order valence-electron chi connectivity index (χ3n) is 7.72. The molecule has 1 amide bonds. The highest BCUT2D eigenvalue weighted by atomic mass is 19.1. The number of benzene rings is 1. The Morgan fingerprint density at radius 2 is 1.74 bits per heavy atom. The fourth-order valence-electron chi connectivity index (χ4n) is 5.24. The van der Waals surface area contributed by atoms with E-state index in [2.05, 4.69) is 42.9 Å². The van der Waals surface area contributed by atoms with Crippen molar-refractivity contribution in [2.24, 2.45) is 7.05 Å². The first-order valence-corrected chi connectivity index (χ1v) is 12.2. The zero-order chi connectivity index (χ0) is 25.3. The summed E-state index contributed by atoms with van der Waals surface area (Å²) in [7, 11) is 3.87. The number of piperidine rings is 1. The van der Waals surface area contributed by atoms with Crippen LogP contribution in [0.2, 0.25) is 0 Å². The predicted molar refractivity (Wildman–Crippen MR) is 136 cm³/mol. The van der Waals surface area contributed by atoms with Gasteiger partial charge in [-0.1, -0.05) is 0 Å². The lowest BCUT2D eigenvalue weighted by Crippen LogP contribution is -2.51. The topological polar surface area (TPSA) is 57.6 Å². The lowest BCUT2D eigenvalue weighted by atomic mass is 9.91. The number of carbonyl (C=O) groups is 1. The van der Waals surface area contributed by atoms with Gasteiger partial charge in [-0.05, 0) is 90.8 Å². The first-order chi connectivity index (χ1) is 16.0. The number of pyridine rings is 1. The Morgan fingerprint density at radius 3 is 2.32 bits per heavy atom. The first-order valence-electron chi connectivity index (χ1n) is 12.2. The number of hydrogen-bond acceptors (Lipinski definition) is 4. The molecule has 0 unspecified atom stereocenters. The number of aromatic nitrogens is 1. The summed E-state index contributed by atoms with van der Waals surface area (Å²) >= 11 is 0. The second-order valence-corrected chi connectivity index (χ2v) is 9.87. The van der Waals surface area contributed by atoms with Gasteiger partial charge in [-0.3, -0.25) is 9.59 Å². The molecule has 2 heterocycles. The van der Waals surface area contributed by atoms with Gasteiger partial charge in [0, 0.05) is 60.8 Å². The highest BCUT2D eigenvalue weighted by Gasteiger charge is 2.32. The molecule has 0 bridgehead atoms. The molecule has 7 heteroatoms.